The lowest BCUT2D eigenvalue weighted by atomic mass is 10.1. The van der Waals surface area contributed by atoms with Crippen LogP contribution in [0.2, 0.25) is 0 Å². The second-order valence-corrected chi connectivity index (χ2v) is 6.12. The molecule has 0 aliphatic heterocycles. The van der Waals surface area contributed by atoms with Gasteiger partial charge in [0.15, 0.2) is 6.10 Å². The molecule has 0 radical (unpaired) electrons. The van der Waals surface area contributed by atoms with E-state index in [-0.39, 0.29) is 12.6 Å². The van der Waals surface area contributed by atoms with Crippen LogP contribution in [0, 0.1) is 11.8 Å². The first-order valence-electron chi connectivity index (χ1n) is 7.67. The lowest BCUT2D eigenvalue weighted by Gasteiger charge is -2.18. The smallest absolute Gasteiger partial charge is 0.302 e. The molecule has 0 spiro atoms. The highest BCUT2D eigenvalue weighted by Crippen LogP contribution is 2.27. The summed E-state index contributed by atoms with van der Waals surface area (Å²) in [6.45, 7) is 3.22. The molecule has 0 fully saturated rings. The summed E-state index contributed by atoms with van der Waals surface area (Å²) in [4.78, 5) is 19.8. The maximum Gasteiger partial charge on any atom is 0.302 e. The number of ether oxygens (including phenoxy) is 2. The molecule has 0 bridgehead atoms. The Morgan fingerprint density at radius 2 is 2.16 bits per heavy atom. The summed E-state index contributed by atoms with van der Waals surface area (Å²) < 4.78 is 12.2. The molecule has 25 heavy (non-hydrogen) atoms. The highest BCUT2D eigenvalue weighted by molar-refractivity contribution is 7.16. The minimum atomic E-state index is -0.520. The summed E-state index contributed by atoms with van der Waals surface area (Å²) in [6, 6.07) is 9.33. The molecular weight excluding hydrogens is 336 g/mol. The predicted octanol–water partition coefficient (Wildman–Crippen LogP) is 3.75. The van der Waals surface area contributed by atoms with Gasteiger partial charge in [0.2, 0.25) is 0 Å². The van der Waals surface area contributed by atoms with Crippen LogP contribution < -0.4 is 4.74 Å². The van der Waals surface area contributed by atoms with E-state index in [1.165, 1.54) is 6.92 Å². The molecule has 1 aromatic carbocycles. The number of carbonyl (C=O) groups is 1. The molecule has 126 valence electrons. The van der Waals surface area contributed by atoms with Gasteiger partial charge in [0, 0.05) is 18.7 Å². The fourth-order valence-corrected chi connectivity index (χ4v) is 3.00. The first kappa shape index (κ1) is 16.9. The molecule has 3 rings (SSSR count). The van der Waals surface area contributed by atoms with E-state index in [1.807, 2.05) is 30.3 Å². The summed E-state index contributed by atoms with van der Waals surface area (Å²) in [6.07, 6.45) is 1.15. The number of rotatable bonds is 5. The highest BCUT2D eigenvalue weighted by atomic mass is 32.1. The van der Waals surface area contributed by atoms with E-state index in [0.29, 0.717) is 11.4 Å². The maximum absolute atomic E-state index is 11.2. The van der Waals surface area contributed by atoms with Gasteiger partial charge in [0.05, 0.1) is 21.4 Å². The monoisotopic (exact) mass is 352 g/mol. The van der Waals surface area contributed by atoms with Crippen molar-refractivity contribution in [2.75, 3.05) is 6.61 Å². The molecule has 3 aromatic rings. The van der Waals surface area contributed by atoms with Crippen molar-refractivity contribution in [3.8, 4) is 17.6 Å². The molecular formula is C19H16N2O3S. The third-order valence-corrected chi connectivity index (χ3v) is 4.19. The van der Waals surface area contributed by atoms with Crippen molar-refractivity contribution in [1.29, 1.82) is 0 Å². The summed E-state index contributed by atoms with van der Waals surface area (Å²) >= 11 is 1.54. The van der Waals surface area contributed by atoms with Gasteiger partial charge in [-0.15, -0.1) is 17.3 Å². The molecule has 0 N–H and O–H groups in total. The van der Waals surface area contributed by atoms with Gasteiger partial charge in [-0.25, -0.2) is 4.98 Å². The van der Waals surface area contributed by atoms with Crippen LogP contribution in [-0.4, -0.2) is 22.5 Å². The van der Waals surface area contributed by atoms with Gasteiger partial charge >= 0.3 is 5.97 Å². The Hall–Kier alpha value is -2.91. The summed E-state index contributed by atoms with van der Waals surface area (Å²) in [7, 11) is 0. The Balaban J connectivity index is 1.88. The Morgan fingerprint density at radius 3 is 2.96 bits per heavy atom. The van der Waals surface area contributed by atoms with Gasteiger partial charge in [0.1, 0.15) is 12.4 Å². The van der Waals surface area contributed by atoms with Gasteiger partial charge in [-0.2, -0.15) is 0 Å². The van der Waals surface area contributed by atoms with E-state index in [0.717, 1.165) is 15.8 Å². The zero-order chi connectivity index (χ0) is 17.6. The molecule has 5 nitrogen and oxygen atoms in total. The molecule has 2 heterocycles. The van der Waals surface area contributed by atoms with Crippen LogP contribution >= 0.6 is 11.3 Å². The zero-order valence-electron chi connectivity index (χ0n) is 13.9. The Kier molecular flexibility index (Phi) is 5.26. The normalized spacial score (nSPS) is 11.4. The molecule has 0 saturated heterocycles. The minimum absolute atomic E-state index is 0.0755. The Morgan fingerprint density at radius 1 is 1.28 bits per heavy atom. The quantitative estimate of drug-likeness (QED) is 0.517. The number of benzene rings is 1. The van der Waals surface area contributed by atoms with Gasteiger partial charge < -0.3 is 9.47 Å². The SMILES string of the molecule is CC#Cc1ccnc(C(COC(C)=O)Oc2ccc3ncsc3c2)c1. The van der Waals surface area contributed by atoms with E-state index in [1.54, 1.807) is 30.0 Å². The maximum atomic E-state index is 11.2. The van der Waals surface area contributed by atoms with Crippen molar-refractivity contribution in [3.63, 3.8) is 0 Å². The van der Waals surface area contributed by atoms with Crippen LogP contribution in [-0.2, 0) is 9.53 Å². The number of fused-ring (bicyclic) bond motifs is 1. The molecule has 0 saturated carbocycles. The van der Waals surface area contributed by atoms with Crippen LogP contribution in [0.5, 0.6) is 5.75 Å². The first-order chi connectivity index (χ1) is 12.2. The van der Waals surface area contributed by atoms with Crippen LogP contribution in [0.15, 0.2) is 42.0 Å². The minimum Gasteiger partial charge on any atom is -0.480 e. The van der Waals surface area contributed by atoms with Gasteiger partial charge in [-0.05, 0) is 37.3 Å². The fraction of sp³-hybridized carbons (Fsp3) is 0.211. The Labute approximate surface area is 149 Å². The van der Waals surface area contributed by atoms with E-state index >= 15 is 0 Å². The van der Waals surface area contributed by atoms with Crippen molar-refractivity contribution in [1.82, 2.24) is 9.97 Å². The molecule has 0 amide bonds. The average Bonchev–Trinajstić information content (AvgIpc) is 3.06. The van der Waals surface area contributed by atoms with Crippen molar-refractivity contribution < 1.29 is 14.3 Å². The van der Waals surface area contributed by atoms with E-state index in [9.17, 15) is 4.79 Å². The summed E-state index contributed by atoms with van der Waals surface area (Å²) in [5.41, 5.74) is 4.21. The van der Waals surface area contributed by atoms with Crippen LogP contribution in [0.1, 0.15) is 31.2 Å². The second-order valence-electron chi connectivity index (χ2n) is 5.24. The molecule has 2 aromatic heterocycles. The number of thiazole rings is 1. The summed E-state index contributed by atoms with van der Waals surface area (Å²) in [5, 5.41) is 0. The lowest BCUT2D eigenvalue weighted by molar-refractivity contribution is -0.143. The summed E-state index contributed by atoms with van der Waals surface area (Å²) in [5.74, 6) is 6.15. The molecule has 0 aliphatic carbocycles. The van der Waals surface area contributed by atoms with Crippen molar-refractivity contribution in [2.45, 2.75) is 20.0 Å². The van der Waals surface area contributed by atoms with Gasteiger partial charge in [-0.3, -0.25) is 9.78 Å². The van der Waals surface area contributed by atoms with Crippen LogP contribution in [0.25, 0.3) is 10.2 Å². The number of pyridine rings is 1. The number of hydrogen-bond acceptors (Lipinski definition) is 6. The van der Waals surface area contributed by atoms with Crippen molar-refractivity contribution >= 4 is 27.5 Å². The van der Waals surface area contributed by atoms with Crippen molar-refractivity contribution in [2.24, 2.45) is 0 Å². The first-order valence-corrected chi connectivity index (χ1v) is 8.55. The fourth-order valence-electron chi connectivity index (χ4n) is 2.29. The molecule has 0 aliphatic rings. The lowest BCUT2D eigenvalue weighted by Crippen LogP contribution is -2.18. The number of aromatic nitrogens is 2. The Bertz CT molecular complexity index is 956. The third kappa shape index (κ3) is 4.34. The molecule has 1 atom stereocenters. The largest absolute Gasteiger partial charge is 0.480 e. The van der Waals surface area contributed by atoms with Gasteiger partial charge in [0.25, 0.3) is 0 Å². The standard InChI is InChI=1S/C19H16N2O3S/c1-3-4-14-7-8-20-17(9-14)18(11-23-13(2)22)24-15-5-6-16-19(10-15)25-12-21-16/h5-10,12,18H,11H2,1-2H3. The topological polar surface area (TPSA) is 61.3 Å². The second kappa shape index (κ2) is 7.77. The van der Waals surface area contributed by atoms with Crippen molar-refractivity contribution in [3.05, 3.63) is 53.3 Å². The zero-order valence-corrected chi connectivity index (χ0v) is 14.7. The molecule has 6 heteroatoms. The molecule has 1 unspecified atom stereocenters. The predicted molar refractivity (Wildman–Crippen MR) is 96.4 cm³/mol. The number of nitrogens with zero attached hydrogens (tertiary/aromatic N) is 2. The van der Waals surface area contributed by atoms with Gasteiger partial charge in [-0.1, -0.05) is 5.92 Å². The van der Waals surface area contributed by atoms with Crippen LogP contribution in [0.4, 0.5) is 0 Å². The number of esters is 1. The van der Waals surface area contributed by atoms with E-state index in [2.05, 4.69) is 21.8 Å². The highest BCUT2D eigenvalue weighted by Gasteiger charge is 2.18. The number of carbonyl (C=O) groups excluding carboxylic acids is 1. The van der Waals surface area contributed by atoms with E-state index in [4.69, 9.17) is 9.47 Å². The third-order valence-electron chi connectivity index (χ3n) is 3.40. The van der Waals surface area contributed by atoms with Crippen LogP contribution in [0.3, 0.4) is 0 Å². The number of hydrogen-bond donors (Lipinski definition) is 0. The van der Waals surface area contributed by atoms with E-state index < -0.39 is 6.10 Å². The average molecular weight is 352 g/mol.